The van der Waals surface area contributed by atoms with Crippen molar-refractivity contribution in [1.82, 2.24) is 20.2 Å². The molecule has 2 amide bonds. The Bertz CT molecular complexity index is 943. The SMILES string of the molecule is CC(C)(C)OC(=O)NC(Cc1ccc(Cl)cc1)C(=O)N1CCN(c2ncncc2F)CC1. The lowest BCUT2D eigenvalue weighted by Gasteiger charge is -2.37. The Hall–Kier alpha value is -2.94. The number of ether oxygens (including phenoxy) is 1. The molecule has 10 heteroatoms. The highest BCUT2D eigenvalue weighted by Gasteiger charge is 2.31. The van der Waals surface area contributed by atoms with Crippen molar-refractivity contribution in [1.29, 1.82) is 0 Å². The average Bonchev–Trinajstić information content (AvgIpc) is 2.73. The van der Waals surface area contributed by atoms with Gasteiger partial charge in [-0.15, -0.1) is 0 Å². The number of nitrogens with one attached hydrogen (secondary N) is 1. The van der Waals surface area contributed by atoms with Crippen LogP contribution in [0.15, 0.2) is 36.8 Å². The molecule has 1 fully saturated rings. The standard InChI is InChI=1S/C22H27ClFN5O3/c1-22(2,3)32-21(31)27-18(12-15-4-6-16(23)7-5-15)20(30)29-10-8-28(9-11-29)19-17(24)13-25-14-26-19/h4-7,13-14,18H,8-12H2,1-3H3,(H,27,31). The molecule has 2 aromatic rings. The molecule has 0 radical (unpaired) electrons. The maximum atomic E-state index is 14.0. The number of nitrogens with zero attached hydrogens (tertiary/aromatic N) is 4. The van der Waals surface area contributed by atoms with Gasteiger partial charge in [0.15, 0.2) is 11.6 Å². The van der Waals surface area contributed by atoms with Gasteiger partial charge in [0.05, 0.1) is 6.20 Å². The highest BCUT2D eigenvalue weighted by atomic mass is 35.5. The van der Waals surface area contributed by atoms with Gasteiger partial charge in [-0.2, -0.15) is 0 Å². The summed E-state index contributed by atoms with van der Waals surface area (Å²) >= 11 is 5.96. The molecule has 0 bridgehead atoms. The van der Waals surface area contributed by atoms with Gasteiger partial charge in [-0.25, -0.2) is 19.2 Å². The van der Waals surface area contributed by atoms with Crippen LogP contribution in [0.5, 0.6) is 0 Å². The van der Waals surface area contributed by atoms with Gasteiger partial charge in [0, 0.05) is 37.6 Å². The molecule has 172 valence electrons. The Labute approximate surface area is 191 Å². The van der Waals surface area contributed by atoms with Crippen LogP contribution in [0.1, 0.15) is 26.3 Å². The van der Waals surface area contributed by atoms with Crippen molar-refractivity contribution in [3.05, 3.63) is 53.2 Å². The van der Waals surface area contributed by atoms with Gasteiger partial charge in [0.25, 0.3) is 0 Å². The molecule has 1 unspecified atom stereocenters. The van der Waals surface area contributed by atoms with Crippen LogP contribution in [0.25, 0.3) is 0 Å². The van der Waals surface area contributed by atoms with Gasteiger partial charge in [-0.1, -0.05) is 23.7 Å². The van der Waals surface area contributed by atoms with Crippen molar-refractivity contribution in [2.75, 3.05) is 31.1 Å². The van der Waals surface area contributed by atoms with E-state index in [0.29, 0.717) is 31.2 Å². The molecule has 2 heterocycles. The van der Waals surface area contributed by atoms with Crippen LogP contribution >= 0.6 is 11.6 Å². The number of hydrogen-bond donors (Lipinski definition) is 1. The molecular formula is C22H27ClFN5O3. The van der Waals surface area contributed by atoms with Gasteiger partial charge in [0.1, 0.15) is 18.0 Å². The third-order valence-corrected chi connectivity index (χ3v) is 5.13. The number of benzene rings is 1. The molecule has 1 aliphatic heterocycles. The molecule has 1 aliphatic rings. The van der Waals surface area contributed by atoms with E-state index >= 15 is 0 Å². The highest BCUT2D eigenvalue weighted by Crippen LogP contribution is 2.18. The number of piperazine rings is 1. The quantitative estimate of drug-likeness (QED) is 0.733. The molecule has 1 atom stereocenters. The molecule has 1 saturated heterocycles. The fourth-order valence-corrected chi connectivity index (χ4v) is 3.53. The summed E-state index contributed by atoms with van der Waals surface area (Å²) in [4.78, 5) is 36.8. The summed E-state index contributed by atoms with van der Waals surface area (Å²) < 4.78 is 19.3. The summed E-state index contributed by atoms with van der Waals surface area (Å²) in [6.07, 6.45) is 2.04. The lowest BCUT2D eigenvalue weighted by molar-refractivity contribution is -0.133. The highest BCUT2D eigenvalue weighted by molar-refractivity contribution is 6.30. The first-order valence-electron chi connectivity index (χ1n) is 10.4. The first kappa shape index (κ1) is 23.7. The van der Waals surface area contributed by atoms with Gasteiger partial charge >= 0.3 is 6.09 Å². The van der Waals surface area contributed by atoms with Crippen LogP contribution in [0, 0.1) is 5.82 Å². The number of aromatic nitrogens is 2. The Morgan fingerprint density at radius 2 is 1.84 bits per heavy atom. The van der Waals surface area contributed by atoms with Gasteiger partial charge < -0.3 is 19.9 Å². The van der Waals surface area contributed by atoms with Crippen molar-refractivity contribution >= 4 is 29.4 Å². The minimum Gasteiger partial charge on any atom is -0.444 e. The Morgan fingerprint density at radius 1 is 1.19 bits per heavy atom. The number of amides is 2. The number of carbonyl (C=O) groups excluding carboxylic acids is 2. The van der Waals surface area contributed by atoms with Crippen molar-refractivity contribution in [2.45, 2.75) is 38.8 Å². The van der Waals surface area contributed by atoms with Gasteiger partial charge in [-0.3, -0.25) is 4.79 Å². The summed E-state index contributed by atoms with van der Waals surface area (Å²) in [7, 11) is 0. The fourth-order valence-electron chi connectivity index (χ4n) is 3.40. The van der Waals surface area contributed by atoms with Gasteiger partial charge in [0.2, 0.25) is 5.91 Å². The van der Waals surface area contributed by atoms with Crippen molar-refractivity contribution < 1.29 is 18.7 Å². The molecule has 1 aromatic carbocycles. The smallest absolute Gasteiger partial charge is 0.408 e. The predicted molar refractivity (Wildman–Crippen MR) is 119 cm³/mol. The van der Waals surface area contributed by atoms with E-state index < -0.39 is 23.6 Å². The maximum absolute atomic E-state index is 14.0. The number of anilines is 1. The van der Waals surface area contributed by atoms with E-state index in [2.05, 4.69) is 15.3 Å². The molecule has 8 nitrogen and oxygen atoms in total. The van der Waals surface area contributed by atoms with E-state index in [4.69, 9.17) is 16.3 Å². The van der Waals surface area contributed by atoms with E-state index in [9.17, 15) is 14.0 Å². The van der Waals surface area contributed by atoms with Crippen LogP contribution in [0.2, 0.25) is 5.02 Å². The number of rotatable bonds is 5. The maximum Gasteiger partial charge on any atom is 0.408 e. The Morgan fingerprint density at radius 3 is 2.44 bits per heavy atom. The molecule has 0 saturated carbocycles. The topological polar surface area (TPSA) is 87.7 Å². The molecule has 1 aromatic heterocycles. The molecule has 1 N–H and O–H groups in total. The third-order valence-electron chi connectivity index (χ3n) is 4.88. The van der Waals surface area contributed by atoms with Crippen molar-refractivity contribution in [3.8, 4) is 0 Å². The molecular weight excluding hydrogens is 437 g/mol. The van der Waals surface area contributed by atoms with Crippen molar-refractivity contribution in [3.63, 3.8) is 0 Å². The number of halogens is 2. The molecule has 0 spiro atoms. The zero-order valence-electron chi connectivity index (χ0n) is 18.3. The normalized spacial score (nSPS) is 15.3. The minimum atomic E-state index is -0.812. The predicted octanol–water partition coefficient (Wildman–Crippen LogP) is 3.05. The largest absolute Gasteiger partial charge is 0.444 e. The number of alkyl carbamates (subject to hydrolysis) is 1. The van der Waals surface area contributed by atoms with Crippen LogP contribution in [-0.4, -0.2) is 64.7 Å². The Kier molecular flexibility index (Phi) is 7.50. The van der Waals surface area contributed by atoms with Crippen LogP contribution in [-0.2, 0) is 16.0 Å². The lowest BCUT2D eigenvalue weighted by atomic mass is 10.0. The van der Waals surface area contributed by atoms with E-state index in [0.717, 1.165) is 11.8 Å². The van der Waals surface area contributed by atoms with E-state index in [1.165, 1.54) is 6.33 Å². The van der Waals surface area contributed by atoms with Crippen LogP contribution in [0.4, 0.5) is 15.0 Å². The molecule has 3 rings (SSSR count). The van der Waals surface area contributed by atoms with E-state index in [-0.39, 0.29) is 18.1 Å². The van der Waals surface area contributed by atoms with Crippen LogP contribution in [0.3, 0.4) is 0 Å². The third kappa shape index (κ3) is 6.53. The van der Waals surface area contributed by atoms with E-state index in [1.54, 1.807) is 42.7 Å². The monoisotopic (exact) mass is 463 g/mol. The number of hydrogen-bond acceptors (Lipinski definition) is 6. The second-order valence-electron chi connectivity index (χ2n) is 8.54. The average molecular weight is 464 g/mol. The van der Waals surface area contributed by atoms with Crippen molar-refractivity contribution in [2.24, 2.45) is 0 Å². The summed E-state index contributed by atoms with van der Waals surface area (Å²) in [6, 6.07) is 6.29. The zero-order chi connectivity index (χ0) is 23.3. The fraction of sp³-hybridized carbons (Fsp3) is 0.455. The Balaban J connectivity index is 1.69. The second kappa shape index (κ2) is 10.1. The molecule has 0 aliphatic carbocycles. The summed E-state index contributed by atoms with van der Waals surface area (Å²) in [5, 5.41) is 3.29. The van der Waals surface area contributed by atoms with Gasteiger partial charge in [-0.05, 0) is 38.5 Å². The summed E-state index contributed by atoms with van der Waals surface area (Å²) in [6.45, 7) is 6.85. The summed E-state index contributed by atoms with van der Waals surface area (Å²) in [5.74, 6) is -0.509. The van der Waals surface area contributed by atoms with Crippen LogP contribution < -0.4 is 10.2 Å². The lowest BCUT2D eigenvalue weighted by Crippen LogP contribution is -2.56. The van der Waals surface area contributed by atoms with E-state index in [1.807, 2.05) is 12.1 Å². The first-order valence-corrected chi connectivity index (χ1v) is 10.7. The minimum absolute atomic E-state index is 0.219. The zero-order valence-corrected chi connectivity index (χ0v) is 19.1. The second-order valence-corrected chi connectivity index (χ2v) is 8.97. The number of carbonyl (C=O) groups is 2. The summed E-state index contributed by atoms with van der Waals surface area (Å²) in [5.41, 5.74) is 0.163. The first-order chi connectivity index (χ1) is 15.1. The molecule has 32 heavy (non-hydrogen) atoms.